The summed E-state index contributed by atoms with van der Waals surface area (Å²) in [5.41, 5.74) is 1.72. The summed E-state index contributed by atoms with van der Waals surface area (Å²) >= 11 is 5.47. The van der Waals surface area contributed by atoms with Crippen LogP contribution in [0, 0.1) is 5.92 Å². The van der Waals surface area contributed by atoms with Crippen LogP contribution in [0.2, 0.25) is 0 Å². The van der Waals surface area contributed by atoms with Gasteiger partial charge in [-0.15, -0.1) is 0 Å². The Balaban J connectivity index is 2.09. The molecule has 1 aromatic carbocycles. The SMILES string of the molecule is CCCCCC(=O)C1C(=S)N(c2ccccc2)N=C1C. The number of hydrazone groups is 1. The van der Waals surface area contributed by atoms with E-state index in [1.807, 2.05) is 37.3 Å². The van der Waals surface area contributed by atoms with Gasteiger partial charge in [0, 0.05) is 6.42 Å². The van der Waals surface area contributed by atoms with E-state index in [9.17, 15) is 4.79 Å². The second-order valence-corrected chi connectivity index (χ2v) is 5.50. The molecule has 0 saturated heterocycles. The molecule has 3 nitrogen and oxygen atoms in total. The Morgan fingerprint density at radius 2 is 2.00 bits per heavy atom. The van der Waals surface area contributed by atoms with Crippen LogP contribution in [-0.4, -0.2) is 16.5 Å². The third-order valence-electron chi connectivity index (χ3n) is 3.48. The van der Waals surface area contributed by atoms with Crippen molar-refractivity contribution in [3.63, 3.8) is 0 Å². The predicted molar refractivity (Wildman–Crippen MR) is 87.3 cm³/mol. The van der Waals surface area contributed by atoms with E-state index in [1.165, 1.54) is 0 Å². The molecule has 1 unspecified atom stereocenters. The molecule has 0 fully saturated rings. The monoisotopic (exact) mass is 288 g/mol. The van der Waals surface area contributed by atoms with Gasteiger partial charge in [0.05, 0.1) is 11.4 Å². The van der Waals surface area contributed by atoms with E-state index in [-0.39, 0.29) is 11.7 Å². The number of ketones is 1. The van der Waals surface area contributed by atoms with Gasteiger partial charge in [-0.1, -0.05) is 50.2 Å². The van der Waals surface area contributed by atoms with E-state index >= 15 is 0 Å². The van der Waals surface area contributed by atoms with Crippen LogP contribution in [0.4, 0.5) is 5.69 Å². The molecular formula is C16H20N2OS. The van der Waals surface area contributed by atoms with Crippen LogP contribution in [0.3, 0.4) is 0 Å². The van der Waals surface area contributed by atoms with Gasteiger partial charge in [0.15, 0.2) is 0 Å². The molecule has 1 aliphatic heterocycles. The number of Topliss-reactive ketones (excluding diaryl/α,β-unsaturated/α-hetero) is 1. The summed E-state index contributed by atoms with van der Waals surface area (Å²) in [5.74, 6) is -0.120. The fraction of sp³-hybridized carbons (Fsp3) is 0.438. The maximum absolute atomic E-state index is 12.3. The summed E-state index contributed by atoms with van der Waals surface area (Å²) < 4.78 is 0. The molecule has 106 valence electrons. The van der Waals surface area contributed by atoms with Crippen molar-refractivity contribution in [2.45, 2.75) is 39.5 Å². The molecule has 0 radical (unpaired) electrons. The minimum Gasteiger partial charge on any atom is -0.298 e. The normalized spacial score (nSPS) is 18.3. The third-order valence-corrected chi connectivity index (χ3v) is 3.89. The van der Waals surface area contributed by atoms with Crippen molar-refractivity contribution < 1.29 is 4.79 Å². The van der Waals surface area contributed by atoms with E-state index in [4.69, 9.17) is 12.2 Å². The first-order valence-electron chi connectivity index (χ1n) is 7.12. The van der Waals surface area contributed by atoms with Crippen LogP contribution in [0.15, 0.2) is 35.4 Å². The average molecular weight is 288 g/mol. The molecule has 1 aliphatic rings. The van der Waals surface area contributed by atoms with Crippen molar-refractivity contribution in [3.8, 4) is 0 Å². The number of para-hydroxylation sites is 1. The number of thiocarbonyl (C=S) groups is 1. The van der Waals surface area contributed by atoms with Gasteiger partial charge >= 0.3 is 0 Å². The second kappa shape index (κ2) is 6.75. The van der Waals surface area contributed by atoms with Crippen molar-refractivity contribution in [1.29, 1.82) is 0 Å². The maximum Gasteiger partial charge on any atom is 0.148 e. The van der Waals surface area contributed by atoms with Crippen LogP contribution in [0.5, 0.6) is 0 Å². The van der Waals surface area contributed by atoms with Crippen LogP contribution in [0.1, 0.15) is 39.5 Å². The molecule has 1 aromatic rings. The summed E-state index contributed by atoms with van der Waals surface area (Å²) in [5, 5.41) is 6.17. The number of unbranched alkanes of at least 4 members (excludes halogenated alkanes) is 2. The summed E-state index contributed by atoms with van der Waals surface area (Å²) in [6.45, 7) is 4.02. The fourth-order valence-corrected chi connectivity index (χ4v) is 2.83. The highest BCUT2D eigenvalue weighted by Crippen LogP contribution is 2.26. The van der Waals surface area contributed by atoms with Gasteiger partial charge in [-0.3, -0.25) is 4.79 Å². The number of rotatable bonds is 6. The molecule has 0 saturated carbocycles. The lowest BCUT2D eigenvalue weighted by molar-refractivity contribution is -0.119. The number of nitrogens with zero attached hydrogens (tertiary/aromatic N) is 2. The second-order valence-electron chi connectivity index (χ2n) is 5.08. The molecule has 1 heterocycles. The van der Waals surface area contributed by atoms with Gasteiger partial charge in [-0.05, 0) is 25.5 Å². The zero-order chi connectivity index (χ0) is 14.5. The highest BCUT2D eigenvalue weighted by molar-refractivity contribution is 7.80. The van der Waals surface area contributed by atoms with Crippen molar-refractivity contribution in [1.82, 2.24) is 0 Å². The third kappa shape index (κ3) is 3.12. The van der Waals surface area contributed by atoms with Crippen molar-refractivity contribution in [2.75, 3.05) is 5.01 Å². The van der Waals surface area contributed by atoms with E-state index in [0.717, 1.165) is 30.7 Å². The molecular weight excluding hydrogens is 268 g/mol. The Labute approximate surface area is 125 Å². The number of hydrogen-bond acceptors (Lipinski definition) is 3. The van der Waals surface area contributed by atoms with Crippen LogP contribution in [-0.2, 0) is 4.79 Å². The zero-order valence-corrected chi connectivity index (χ0v) is 12.8. The van der Waals surface area contributed by atoms with Crippen LogP contribution >= 0.6 is 12.2 Å². The number of carbonyl (C=O) groups is 1. The number of benzene rings is 1. The molecule has 4 heteroatoms. The topological polar surface area (TPSA) is 32.7 Å². The summed E-state index contributed by atoms with van der Waals surface area (Å²) in [6, 6.07) is 9.74. The number of hydrogen-bond donors (Lipinski definition) is 0. The average Bonchev–Trinajstić information content (AvgIpc) is 2.75. The quantitative estimate of drug-likeness (QED) is 0.586. The predicted octanol–water partition coefficient (Wildman–Crippen LogP) is 3.98. The molecule has 0 amide bonds. The minimum absolute atomic E-state index is 0.197. The smallest absolute Gasteiger partial charge is 0.148 e. The molecule has 0 aliphatic carbocycles. The first-order valence-corrected chi connectivity index (χ1v) is 7.52. The molecule has 0 aromatic heterocycles. The van der Waals surface area contributed by atoms with E-state index in [1.54, 1.807) is 5.01 Å². The largest absolute Gasteiger partial charge is 0.298 e. The van der Waals surface area contributed by atoms with Crippen molar-refractivity contribution in [3.05, 3.63) is 30.3 Å². The zero-order valence-electron chi connectivity index (χ0n) is 12.0. The first kappa shape index (κ1) is 14.9. The lowest BCUT2D eigenvalue weighted by atomic mass is 9.95. The lowest BCUT2D eigenvalue weighted by Gasteiger charge is -2.16. The van der Waals surface area contributed by atoms with Crippen LogP contribution < -0.4 is 5.01 Å². The Morgan fingerprint density at radius 3 is 2.65 bits per heavy atom. The Hall–Kier alpha value is -1.55. The summed E-state index contributed by atoms with van der Waals surface area (Å²) in [6.07, 6.45) is 3.73. The summed E-state index contributed by atoms with van der Waals surface area (Å²) in [7, 11) is 0. The number of anilines is 1. The molecule has 1 atom stereocenters. The highest BCUT2D eigenvalue weighted by Gasteiger charge is 2.35. The summed E-state index contributed by atoms with van der Waals surface area (Å²) in [4.78, 5) is 12.9. The van der Waals surface area contributed by atoms with Gasteiger partial charge in [0.2, 0.25) is 0 Å². The standard InChI is InChI=1S/C16H20N2OS/c1-3-4-6-11-14(19)15-12(2)17-18(16(15)20)13-9-7-5-8-10-13/h5,7-10,15H,3-4,6,11H2,1-2H3. The number of carbonyl (C=O) groups excluding carboxylic acids is 1. The maximum atomic E-state index is 12.3. The molecule has 20 heavy (non-hydrogen) atoms. The Morgan fingerprint density at radius 1 is 1.30 bits per heavy atom. The molecule has 0 spiro atoms. The van der Waals surface area contributed by atoms with Gasteiger partial charge in [0.1, 0.15) is 16.7 Å². The van der Waals surface area contributed by atoms with E-state index in [2.05, 4.69) is 12.0 Å². The van der Waals surface area contributed by atoms with Gasteiger partial charge in [-0.2, -0.15) is 5.10 Å². The van der Waals surface area contributed by atoms with Gasteiger partial charge in [0.25, 0.3) is 0 Å². The van der Waals surface area contributed by atoms with E-state index < -0.39 is 0 Å². The molecule has 2 rings (SSSR count). The lowest BCUT2D eigenvalue weighted by Crippen LogP contribution is -2.31. The minimum atomic E-state index is -0.318. The molecule has 0 N–H and O–H groups in total. The van der Waals surface area contributed by atoms with Crippen molar-refractivity contribution >= 4 is 34.4 Å². The van der Waals surface area contributed by atoms with Crippen molar-refractivity contribution in [2.24, 2.45) is 11.0 Å². The first-order chi connectivity index (χ1) is 9.65. The Kier molecular flexibility index (Phi) is 5.01. The fourth-order valence-electron chi connectivity index (χ4n) is 2.38. The van der Waals surface area contributed by atoms with Gasteiger partial charge in [-0.25, -0.2) is 5.01 Å². The Bertz CT molecular complexity index is 525. The highest BCUT2D eigenvalue weighted by atomic mass is 32.1. The molecule has 0 bridgehead atoms. The van der Waals surface area contributed by atoms with E-state index in [0.29, 0.717) is 11.4 Å². The van der Waals surface area contributed by atoms with Crippen LogP contribution in [0.25, 0.3) is 0 Å². The van der Waals surface area contributed by atoms with Gasteiger partial charge < -0.3 is 0 Å².